The number of amides is 1. The first-order valence-corrected chi connectivity index (χ1v) is 10.1. The number of rotatable bonds is 6. The molecule has 1 amide bonds. The maximum Gasteiger partial charge on any atom is 0.250 e. The minimum Gasteiger partial charge on any atom is -0.493 e. The van der Waals surface area contributed by atoms with Crippen LogP contribution in [-0.2, 0) is 5.41 Å². The van der Waals surface area contributed by atoms with Crippen molar-refractivity contribution in [2.45, 2.75) is 40.0 Å². The Labute approximate surface area is 183 Å². The highest BCUT2D eigenvalue weighted by atomic mass is 16.5. The molecule has 0 spiro atoms. The van der Waals surface area contributed by atoms with E-state index in [9.17, 15) is 4.79 Å². The summed E-state index contributed by atoms with van der Waals surface area (Å²) in [5, 5.41) is 8.22. The Balaban J connectivity index is 2.19. The average molecular weight is 423 g/mol. The summed E-state index contributed by atoms with van der Waals surface area (Å²) in [7, 11) is 3.06. The van der Waals surface area contributed by atoms with E-state index in [1.165, 1.54) is 12.7 Å². The van der Waals surface area contributed by atoms with E-state index < -0.39 is 5.91 Å². The smallest absolute Gasteiger partial charge is 0.250 e. The molecule has 0 fully saturated rings. The number of nitrogens with two attached hydrogens (primary N) is 1. The number of hydrogen-bond donors (Lipinski definition) is 2. The van der Waals surface area contributed by atoms with E-state index in [1.54, 1.807) is 19.2 Å². The predicted molar refractivity (Wildman–Crippen MR) is 123 cm³/mol. The molecule has 0 saturated carbocycles. The van der Waals surface area contributed by atoms with Gasteiger partial charge in [0.1, 0.15) is 5.82 Å². The van der Waals surface area contributed by atoms with Crippen LogP contribution in [0.2, 0.25) is 0 Å². The number of carbonyl (C=O) groups is 1. The lowest BCUT2D eigenvalue weighted by molar-refractivity contribution is 0.100. The number of benzene rings is 2. The average Bonchev–Trinajstić information content (AvgIpc) is 3.11. The van der Waals surface area contributed by atoms with Crippen molar-refractivity contribution in [1.29, 1.82) is 0 Å². The van der Waals surface area contributed by atoms with Crippen LogP contribution in [0.1, 0.15) is 48.0 Å². The van der Waals surface area contributed by atoms with Crippen LogP contribution >= 0.6 is 0 Å². The second-order valence-corrected chi connectivity index (χ2v) is 8.61. The number of carbonyl (C=O) groups excluding carboxylic acids is 1. The maximum absolute atomic E-state index is 12.2. The minimum absolute atomic E-state index is 0.162. The third-order valence-corrected chi connectivity index (χ3v) is 5.11. The molecule has 7 nitrogen and oxygen atoms in total. The van der Waals surface area contributed by atoms with Crippen molar-refractivity contribution in [3.8, 4) is 17.2 Å². The topological polar surface area (TPSA) is 91.4 Å². The van der Waals surface area contributed by atoms with Gasteiger partial charge in [-0.3, -0.25) is 4.79 Å². The summed E-state index contributed by atoms with van der Waals surface area (Å²) in [6, 6.07) is 11.5. The van der Waals surface area contributed by atoms with Crippen LogP contribution < -0.4 is 20.5 Å². The summed E-state index contributed by atoms with van der Waals surface area (Å²) in [5.41, 5.74) is 10.4. The van der Waals surface area contributed by atoms with Crippen LogP contribution in [0.5, 0.6) is 11.5 Å². The third kappa shape index (κ3) is 4.50. The molecular weight excluding hydrogens is 392 g/mol. The number of primary amides is 1. The van der Waals surface area contributed by atoms with Crippen molar-refractivity contribution in [2.24, 2.45) is 5.73 Å². The first-order chi connectivity index (χ1) is 14.5. The van der Waals surface area contributed by atoms with Crippen LogP contribution in [-0.4, -0.2) is 29.9 Å². The molecule has 31 heavy (non-hydrogen) atoms. The van der Waals surface area contributed by atoms with E-state index in [-0.39, 0.29) is 5.41 Å². The van der Waals surface area contributed by atoms with E-state index in [0.29, 0.717) is 28.6 Å². The van der Waals surface area contributed by atoms with Gasteiger partial charge in [-0.2, -0.15) is 5.10 Å². The van der Waals surface area contributed by atoms with Crippen molar-refractivity contribution >= 4 is 17.4 Å². The summed E-state index contributed by atoms with van der Waals surface area (Å²) >= 11 is 0. The van der Waals surface area contributed by atoms with Gasteiger partial charge in [-0.15, -0.1) is 0 Å². The molecule has 0 bridgehead atoms. The maximum atomic E-state index is 12.2. The van der Waals surface area contributed by atoms with Gasteiger partial charge in [0.25, 0.3) is 5.91 Å². The predicted octanol–water partition coefficient (Wildman–Crippen LogP) is 4.65. The van der Waals surface area contributed by atoms with Crippen molar-refractivity contribution in [1.82, 2.24) is 9.78 Å². The van der Waals surface area contributed by atoms with Gasteiger partial charge in [0.15, 0.2) is 11.5 Å². The van der Waals surface area contributed by atoms with Crippen LogP contribution in [0.4, 0.5) is 11.5 Å². The van der Waals surface area contributed by atoms with Crippen LogP contribution in [0.25, 0.3) is 5.69 Å². The Bertz CT molecular complexity index is 1130. The first kappa shape index (κ1) is 22.2. The SMILES string of the molecule is COc1cc(Nc2cc(C(C)(C)C)nn2-c2ccc(C)cc2C)c(C(N)=O)cc1OC. The number of anilines is 2. The molecular formula is C24H30N4O3. The summed E-state index contributed by atoms with van der Waals surface area (Å²) in [6.07, 6.45) is 0. The summed E-state index contributed by atoms with van der Waals surface area (Å²) in [6.45, 7) is 10.4. The number of hydrogen-bond acceptors (Lipinski definition) is 5. The molecule has 3 N–H and O–H groups in total. The lowest BCUT2D eigenvalue weighted by Gasteiger charge is -2.16. The van der Waals surface area contributed by atoms with Gasteiger partial charge in [0, 0.05) is 17.5 Å². The fraction of sp³-hybridized carbons (Fsp3) is 0.333. The molecule has 0 unspecified atom stereocenters. The number of ether oxygens (including phenoxy) is 2. The molecule has 0 aliphatic heterocycles. The summed E-state index contributed by atoms with van der Waals surface area (Å²) in [4.78, 5) is 12.2. The zero-order valence-electron chi connectivity index (χ0n) is 19.2. The molecule has 1 heterocycles. The van der Waals surface area contributed by atoms with Gasteiger partial charge in [0.05, 0.1) is 36.9 Å². The molecule has 164 valence electrons. The van der Waals surface area contributed by atoms with Gasteiger partial charge in [-0.25, -0.2) is 4.68 Å². The Hall–Kier alpha value is -3.48. The van der Waals surface area contributed by atoms with Gasteiger partial charge >= 0.3 is 0 Å². The van der Waals surface area contributed by atoms with E-state index in [1.807, 2.05) is 16.8 Å². The zero-order chi connectivity index (χ0) is 22.9. The first-order valence-electron chi connectivity index (χ1n) is 10.1. The van der Waals surface area contributed by atoms with Crippen molar-refractivity contribution in [2.75, 3.05) is 19.5 Å². The number of nitrogens with one attached hydrogen (secondary N) is 1. The van der Waals surface area contributed by atoms with Crippen molar-refractivity contribution in [3.63, 3.8) is 0 Å². The molecule has 0 aliphatic rings. The minimum atomic E-state index is -0.572. The van der Waals surface area contributed by atoms with Crippen molar-refractivity contribution < 1.29 is 14.3 Å². The molecule has 7 heteroatoms. The second-order valence-electron chi connectivity index (χ2n) is 8.61. The number of nitrogens with zero attached hydrogens (tertiary/aromatic N) is 2. The second kappa shape index (κ2) is 8.34. The summed E-state index contributed by atoms with van der Waals surface area (Å²) in [5.74, 6) is 1.06. The highest BCUT2D eigenvalue weighted by Crippen LogP contribution is 2.36. The number of aryl methyl sites for hydroxylation is 2. The quantitative estimate of drug-likeness (QED) is 0.603. The standard InChI is InChI=1S/C24H30N4O3/c1-14-8-9-18(15(2)10-14)28-22(13-21(27-28)24(3,4)5)26-17-12-20(31-7)19(30-6)11-16(17)23(25)29/h8-13,26H,1-7H3,(H2,25,29). The molecule has 0 aliphatic carbocycles. The van der Waals surface area contributed by atoms with Crippen molar-refractivity contribution in [3.05, 3.63) is 58.8 Å². The van der Waals surface area contributed by atoms with Crippen LogP contribution in [0, 0.1) is 13.8 Å². The van der Waals surface area contributed by atoms with Gasteiger partial charge < -0.3 is 20.5 Å². The van der Waals surface area contributed by atoms with Gasteiger partial charge in [0.2, 0.25) is 0 Å². The van der Waals surface area contributed by atoms with E-state index >= 15 is 0 Å². The molecule has 1 aromatic heterocycles. The van der Waals surface area contributed by atoms with E-state index in [2.05, 4.69) is 52.1 Å². The fourth-order valence-corrected chi connectivity index (χ4v) is 3.39. The Kier molecular flexibility index (Phi) is 5.97. The summed E-state index contributed by atoms with van der Waals surface area (Å²) < 4.78 is 12.6. The third-order valence-electron chi connectivity index (χ3n) is 5.11. The molecule has 0 radical (unpaired) electrons. The monoisotopic (exact) mass is 422 g/mol. The highest BCUT2D eigenvalue weighted by Gasteiger charge is 2.23. The van der Waals surface area contributed by atoms with Gasteiger partial charge in [-0.1, -0.05) is 38.5 Å². The largest absolute Gasteiger partial charge is 0.493 e. The van der Waals surface area contributed by atoms with E-state index in [0.717, 1.165) is 16.9 Å². The van der Waals surface area contributed by atoms with Gasteiger partial charge in [-0.05, 0) is 31.5 Å². The van der Waals surface area contributed by atoms with Crippen LogP contribution in [0.15, 0.2) is 36.4 Å². The Morgan fingerprint density at radius 3 is 2.23 bits per heavy atom. The zero-order valence-corrected chi connectivity index (χ0v) is 19.2. The molecule has 0 atom stereocenters. The fourth-order valence-electron chi connectivity index (χ4n) is 3.39. The lowest BCUT2D eigenvalue weighted by Crippen LogP contribution is -2.15. The molecule has 3 rings (SSSR count). The lowest BCUT2D eigenvalue weighted by atomic mass is 9.92. The van der Waals surface area contributed by atoms with Crippen LogP contribution in [0.3, 0.4) is 0 Å². The van der Waals surface area contributed by atoms with E-state index in [4.69, 9.17) is 20.3 Å². The number of methoxy groups -OCH3 is 2. The molecule has 2 aromatic carbocycles. The highest BCUT2D eigenvalue weighted by molar-refractivity contribution is 6.00. The normalized spacial score (nSPS) is 11.3. The number of aromatic nitrogens is 2. The molecule has 3 aromatic rings. The Morgan fingerprint density at radius 2 is 1.68 bits per heavy atom. The Morgan fingerprint density at radius 1 is 1.03 bits per heavy atom. The molecule has 0 saturated heterocycles.